The highest BCUT2D eigenvalue weighted by Gasteiger charge is 2.37. The summed E-state index contributed by atoms with van der Waals surface area (Å²) in [5, 5.41) is 0.938. The molecule has 4 radical (unpaired) electrons. The predicted octanol–water partition coefficient (Wildman–Crippen LogP) is 3.83. The molecule has 0 spiro atoms. The Morgan fingerprint density at radius 1 is 1.35 bits per heavy atom. The maximum Gasteiger partial charge on any atom is 0.267 e. The van der Waals surface area contributed by atoms with Crippen LogP contribution in [0.4, 0.5) is 0 Å². The smallest absolute Gasteiger partial charge is 0.267 e. The molecule has 1 saturated carbocycles. The minimum absolute atomic E-state index is 0.0162. The Morgan fingerprint density at radius 2 is 2.06 bits per heavy atom. The molecule has 1 aliphatic carbocycles. The van der Waals surface area contributed by atoms with E-state index in [1.165, 1.54) is 11.3 Å². The van der Waals surface area contributed by atoms with Crippen LogP contribution in [0, 0.1) is 0 Å². The summed E-state index contributed by atoms with van der Waals surface area (Å²) in [7, 11) is 12.3. The molecule has 3 aromatic rings. The van der Waals surface area contributed by atoms with Crippen LogP contribution < -0.4 is 10.9 Å². The second kappa shape index (κ2) is 9.47. The summed E-state index contributed by atoms with van der Waals surface area (Å²) in [6.07, 6.45) is 6.88. The number of aromatic nitrogens is 2. The molecule has 2 aromatic heterocycles. The van der Waals surface area contributed by atoms with Gasteiger partial charge in [-0.05, 0) is 44.7 Å². The third kappa shape index (κ3) is 5.07. The van der Waals surface area contributed by atoms with Gasteiger partial charge in [0.25, 0.3) is 5.91 Å². The molecule has 0 saturated heterocycles. The van der Waals surface area contributed by atoms with Gasteiger partial charge in [0.2, 0.25) is 0 Å². The molecule has 154 valence electrons. The summed E-state index contributed by atoms with van der Waals surface area (Å²) in [6.45, 7) is 2.07. The van der Waals surface area contributed by atoms with Crippen LogP contribution in [0.1, 0.15) is 41.4 Å². The first-order chi connectivity index (χ1) is 14.8. The molecule has 2 heterocycles. The fourth-order valence-electron chi connectivity index (χ4n) is 3.70. The SMILES string of the molecule is [B]c1cc(Br)cc([B])c1CCC(C)N(C(=O)c1sc(-c2cccnc2)nc1Cl)C1CC1. The van der Waals surface area contributed by atoms with Crippen molar-refractivity contribution in [2.45, 2.75) is 44.7 Å². The van der Waals surface area contributed by atoms with E-state index in [0.717, 1.165) is 34.9 Å². The molecule has 1 atom stereocenters. The molecule has 1 unspecified atom stereocenters. The fraction of sp³-hybridized carbons (Fsp3) is 0.318. The van der Waals surface area contributed by atoms with E-state index in [9.17, 15) is 4.79 Å². The number of hydrogen-bond donors (Lipinski definition) is 0. The first kappa shape index (κ1) is 22.6. The van der Waals surface area contributed by atoms with Gasteiger partial charge in [-0.25, -0.2) is 4.98 Å². The van der Waals surface area contributed by atoms with Crippen molar-refractivity contribution in [2.24, 2.45) is 0 Å². The van der Waals surface area contributed by atoms with Crippen molar-refractivity contribution in [1.29, 1.82) is 0 Å². The fourth-order valence-corrected chi connectivity index (χ4v) is 5.42. The normalized spacial score (nSPS) is 14.4. The molecular formula is C22H19B2BrClN3OS. The first-order valence-corrected chi connectivity index (χ1v) is 12.1. The van der Waals surface area contributed by atoms with Gasteiger partial charge in [0.05, 0.1) is 0 Å². The summed E-state index contributed by atoms with van der Waals surface area (Å²) >= 11 is 11.1. The largest absolute Gasteiger partial charge is 0.332 e. The quantitative estimate of drug-likeness (QED) is 0.454. The number of benzene rings is 1. The molecule has 0 N–H and O–H groups in total. The Hall–Kier alpha value is -1.63. The van der Waals surface area contributed by atoms with Gasteiger partial charge in [0, 0.05) is 34.5 Å². The summed E-state index contributed by atoms with van der Waals surface area (Å²) in [6, 6.07) is 7.72. The number of nitrogens with zero attached hydrogens (tertiary/aromatic N) is 3. The highest BCUT2D eigenvalue weighted by atomic mass is 79.9. The first-order valence-electron chi connectivity index (χ1n) is 10.1. The highest BCUT2D eigenvalue weighted by molar-refractivity contribution is 9.10. The highest BCUT2D eigenvalue weighted by Crippen LogP contribution is 2.36. The lowest BCUT2D eigenvalue weighted by Gasteiger charge is -2.29. The standard InChI is InChI=1S/C22H19B2BrClN3OS/c1-12(4-7-16-17(23)9-14(25)10-18(16)24)29(15-5-6-15)22(30)19-20(26)28-21(31-19)13-3-2-8-27-11-13/h2-3,8-12,15H,4-7H2,1H3. The monoisotopic (exact) mass is 509 g/mol. The molecule has 1 aromatic carbocycles. The zero-order valence-corrected chi connectivity index (χ0v) is 20.2. The lowest BCUT2D eigenvalue weighted by Crippen LogP contribution is -2.41. The maximum atomic E-state index is 13.5. The third-order valence-electron chi connectivity index (χ3n) is 5.43. The van der Waals surface area contributed by atoms with Crippen LogP contribution in [0.25, 0.3) is 10.6 Å². The van der Waals surface area contributed by atoms with E-state index in [1.54, 1.807) is 12.4 Å². The van der Waals surface area contributed by atoms with Gasteiger partial charge in [-0.1, -0.05) is 56.2 Å². The summed E-state index contributed by atoms with van der Waals surface area (Å²) in [5.41, 5.74) is 3.10. The van der Waals surface area contributed by atoms with Crippen molar-refractivity contribution in [2.75, 3.05) is 0 Å². The Kier molecular flexibility index (Phi) is 6.89. The molecule has 1 aliphatic rings. The van der Waals surface area contributed by atoms with Crippen molar-refractivity contribution in [1.82, 2.24) is 14.9 Å². The Morgan fingerprint density at radius 3 is 2.68 bits per heavy atom. The Bertz CT molecular complexity index is 1080. The minimum Gasteiger partial charge on any atom is -0.332 e. The molecule has 1 amide bonds. The van der Waals surface area contributed by atoms with Gasteiger partial charge in [-0.2, -0.15) is 0 Å². The maximum absolute atomic E-state index is 13.5. The zero-order chi connectivity index (χ0) is 22.1. The summed E-state index contributed by atoms with van der Waals surface area (Å²) in [4.78, 5) is 24.4. The van der Waals surface area contributed by atoms with E-state index in [1.807, 2.05) is 29.2 Å². The van der Waals surface area contributed by atoms with Crippen molar-refractivity contribution >= 4 is 71.4 Å². The van der Waals surface area contributed by atoms with Crippen molar-refractivity contribution in [3.63, 3.8) is 0 Å². The number of hydrogen-bond acceptors (Lipinski definition) is 4. The number of amides is 1. The predicted molar refractivity (Wildman–Crippen MR) is 132 cm³/mol. The average molecular weight is 510 g/mol. The summed E-state index contributed by atoms with van der Waals surface area (Å²) in [5.74, 6) is -0.0654. The van der Waals surface area contributed by atoms with Gasteiger partial charge in [0.1, 0.15) is 25.6 Å². The number of carbonyl (C=O) groups is 1. The van der Waals surface area contributed by atoms with E-state index < -0.39 is 0 Å². The number of carbonyl (C=O) groups excluding carboxylic acids is 1. The van der Waals surface area contributed by atoms with E-state index in [4.69, 9.17) is 27.3 Å². The Balaban J connectivity index is 1.53. The zero-order valence-electron chi connectivity index (χ0n) is 17.0. The van der Waals surface area contributed by atoms with Crippen LogP contribution in [0.3, 0.4) is 0 Å². The number of halogens is 2. The third-order valence-corrected chi connectivity index (χ3v) is 7.37. The van der Waals surface area contributed by atoms with Gasteiger partial charge >= 0.3 is 0 Å². The number of pyridine rings is 1. The lowest BCUT2D eigenvalue weighted by molar-refractivity contribution is 0.0672. The topological polar surface area (TPSA) is 46.1 Å². The molecular weight excluding hydrogens is 491 g/mol. The molecule has 31 heavy (non-hydrogen) atoms. The molecule has 9 heteroatoms. The Labute approximate surface area is 202 Å². The van der Waals surface area contributed by atoms with Gasteiger partial charge in [-0.15, -0.1) is 11.3 Å². The van der Waals surface area contributed by atoms with Crippen molar-refractivity contribution in [3.8, 4) is 10.6 Å². The molecule has 0 aliphatic heterocycles. The van der Waals surface area contributed by atoms with Crippen LogP contribution >= 0.6 is 38.9 Å². The van der Waals surface area contributed by atoms with E-state index >= 15 is 0 Å². The van der Waals surface area contributed by atoms with Gasteiger partial charge in [0.15, 0.2) is 5.15 Å². The van der Waals surface area contributed by atoms with Gasteiger partial charge < -0.3 is 4.90 Å². The summed E-state index contributed by atoms with van der Waals surface area (Å²) < 4.78 is 0.860. The average Bonchev–Trinajstić information content (AvgIpc) is 3.48. The van der Waals surface area contributed by atoms with E-state index in [0.29, 0.717) is 27.2 Å². The van der Waals surface area contributed by atoms with Crippen LogP contribution in [0.5, 0.6) is 0 Å². The second-order valence-corrected chi connectivity index (χ2v) is 10.0. The van der Waals surface area contributed by atoms with Crippen LogP contribution in [0.2, 0.25) is 5.15 Å². The number of thiazole rings is 1. The van der Waals surface area contributed by atoms with Crippen LogP contribution in [-0.2, 0) is 6.42 Å². The van der Waals surface area contributed by atoms with E-state index in [-0.39, 0.29) is 23.1 Å². The second-order valence-electron chi connectivity index (χ2n) is 7.77. The van der Waals surface area contributed by atoms with Crippen molar-refractivity contribution in [3.05, 3.63) is 56.7 Å². The number of rotatable bonds is 7. The molecule has 1 fully saturated rings. The van der Waals surface area contributed by atoms with Gasteiger partial charge in [-0.3, -0.25) is 9.78 Å². The minimum atomic E-state index is -0.0654. The molecule has 4 nitrogen and oxygen atoms in total. The molecule has 0 bridgehead atoms. The molecule has 4 rings (SSSR count). The van der Waals surface area contributed by atoms with Crippen molar-refractivity contribution < 1.29 is 4.79 Å². The van der Waals surface area contributed by atoms with E-state index in [2.05, 4.69) is 32.8 Å². The van der Waals surface area contributed by atoms with Crippen LogP contribution in [0.15, 0.2) is 41.1 Å². The van der Waals surface area contributed by atoms with Crippen LogP contribution in [-0.4, -0.2) is 48.6 Å². The lowest BCUT2D eigenvalue weighted by atomic mass is 9.79.